The van der Waals surface area contributed by atoms with Gasteiger partial charge in [-0.2, -0.15) is 11.8 Å². The molecule has 2 rings (SSSR count). The Labute approximate surface area is 128 Å². The molecule has 3 atom stereocenters. The third-order valence-electron chi connectivity index (χ3n) is 3.79. The molecule has 116 valence electrons. The normalized spacial score (nSPS) is 23.7. The Hall–Kier alpha value is -1.14. The van der Waals surface area contributed by atoms with Crippen molar-refractivity contribution < 1.29 is 13.6 Å². The van der Waals surface area contributed by atoms with Crippen LogP contribution >= 0.6 is 11.8 Å². The molecule has 3 nitrogen and oxygen atoms in total. The summed E-state index contributed by atoms with van der Waals surface area (Å²) in [6, 6.07) is 3.55. The predicted octanol–water partition coefficient (Wildman–Crippen LogP) is 2.93. The van der Waals surface area contributed by atoms with Crippen molar-refractivity contribution in [2.24, 2.45) is 0 Å². The maximum Gasteiger partial charge on any atom is 0.241 e. The third kappa shape index (κ3) is 3.21. The van der Waals surface area contributed by atoms with E-state index in [9.17, 15) is 13.6 Å². The second kappa shape index (κ2) is 6.75. The van der Waals surface area contributed by atoms with Crippen molar-refractivity contribution in [3.8, 4) is 0 Å². The molecule has 0 spiro atoms. The summed E-state index contributed by atoms with van der Waals surface area (Å²) in [6.45, 7) is 3.82. The molecule has 3 unspecified atom stereocenters. The monoisotopic (exact) mass is 314 g/mol. The lowest BCUT2D eigenvalue weighted by molar-refractivity contribution is -0.131. The van der Waals surface area contributed by atoms with Crippen LogP contribution in [0.5, 0.6) is 0 Å². The van der Waals surface area contributed by atoms with E-state index in [1.54, 1.807) is 23.6 Å². The van der Waals surface area contributed by atoms with E-state index in [-0.39, 0.29) is 18.0 Å². The molecule has 6 heteroatoms. The molecule has 0 aromatic heterocycles. The maximum atomic E-state index is 13.5. The van der Waals surface area contributed by atoms with E-state index in [0.717, 1.165) is 24.3 Å². The minimum atomic E-state index is -0.890. The SMILES string of the molecule is CCC(CSC)N1C(=O)C(C)NC1c1ccc(F)c(F)c1. The zero-order valence-corrected chi connectivity index (χ0v) is 13.2. The van der Waals surface area contributed by atoms with E-state index >= 15 is 0 Å². The Bertz CT molecular complexity index is 526. The number of halogens is 2. The van der Waals surface area contributed by atoms with Crippen molar-refractivity contribution in [3.63, 3.8) is 0 Å². The van der Waals surface area contributed by atoms with Crippen molar-refractivity contribution in [2.75, 3.05) is 12.0 Å². The number of nitrogens with one attached hydrogen (secondary N) is 1. The molecule has 1 aliphatic rings. The fourth-order valence-electron chi connectivity index (χ4n) is 2.66. The van der Waals surface area contributed by atoms with Crippen LogP contribution in [-0.4, -0.2) is 34.9 Å². The molecule has 1 amide bonds. The van der Waals surface area contributed by atoms with Gasteiger partial charge in [0.2, 0.25) is 5.91 Å². The smallest absolute Gasteiger partial charge is 0.241 e. The van der Waals surface area contributed by atoms with Crippen LogP contribution in [0, 0.1) is 11.6 Å². The fraction of sp³-hybridized carbons (Fsp3) is 0.533. The van der Waals surface area contributed by atoms with Crippen LogP contribution < -0.4 is 5.32 Å². The largest absolute Gasteiger partial charge is 0.318 e. The second-order valence-corrected chi connectivity index (χ2v) is 6.14. The molecule has 1 aliphatic heterocycles. The Morgan fingerprint density at radius 2 is 2.10 bits per heavy atom. The van der Waals surface area contributed by atoms with Gasteiger partial charge in [0, 0.05) is 11.8 Å². The highest BCUT2D eigenvalue weighted by molar-refractivity contribution is 7.98. The number of hydrogen-bond acceptors (Lipinski definition) is 3. The van der Waals surface area contributed by atoms with Crippen molar-refractivity contribution in [1.29, 1.82) is 0 Å². The highest BCUT2D eigenvalue weighted by Crippen LogP contribution is 2.30. The van der Waals surface area contributed by atoms with Gasteiger partial charge in [-0.3, -0.25) is 10.1 Å². The summed E-state index contributed by atoms with van der Waals surface area (Å²) in [6.07, 6.45) is 2.41. The first-order valence-corrected chi connectivity index (χ1v) is 8.41. The lowest BCUT2D eigenvalue weighted by Gasteiger charge is -2.32. The maximum absolute atomic E-state index is 13.5. The highest BCUT2D eigenvalue weighted by Gasteiger charge is 2.40. The summed E-state index contributed by atoms with van der Waals surface area (Å²) in [7, 11) is 0. The molecule has 0 saturated carbocycles. The molecule has 1 fully saturated rings. The molecule has 0 radical (unpaired) electrons. The molecule has 1 aromatic carbocycles. The Morgan fingerprint density at radius 3 is 2.67 bits per heavy atom. The minimum absolute atomic E-state index is 0.00522. The third-order valence-corrected chi connectivity index (χ3v) is 4.51. The van der Waals surface area contributed by atoms with E-state index in [0.29, 0.717) is 5.56 Å². The fourth-order valence-corrected chi connectivity index (χ4v) is 3.44. The quantitative estimate of drug-likeness (QED) is 0.907. The van der Waals surface area contributed by atoms with Crippen LogP contribution in [-0.2, 0) is 4.79 Å². The van der Waals surface area contributed by atoms with Gasteiger partial charge in [0.25, 0.3) is 0 Å². The molecule has 1 N–H and O–H groups in total. The standard InChI is InChI=1S/C15H20F2N2OS/c1-4-11(8-21-3)19-14(18-9(2)15(19)20)10-5-6-12(16)13(17)7-10/h5-7,9,11,14,18H,4,8H2,1-3H3. The zero-order chi connectivity index (χ0) is 15.6. The summed E-state index contributed by atoms with van der Waals surface area (Å²) >= 11 is 1.67. The first-order chi connectivity index (χ1) is 9.99. The van der Waals surface area contributed by atoms with Crippen LogP contribution in [0.25, 0.3) is 0 Å². The van der Waals surface area contributed by atoms with Gasteiger partial charge in [0.05, 0.1) is 6.04 Å². The van der Waals surface area contributed by atoms with Gasteiger partial charge < -0.3 is 4.90 Å². The zero-order valence-electron chi connectivity index (χ0n) is 12.4. The molecule has 1 aromatic rings. The summed E-state index contributed by atoms with van der Waals surface area (Å²) in [5.74, 6) is -0.944. The van der Waals surface area contributed by atoms with E-state index < -0.39 is 17.8 Å². The Balaban J connectivity index is 2.34. The number of carbonyl (C=O) groups excluding carboxylic acids is 1. The van der Waals surface area contributed by atoms with Crippen LogP contribution in [0.4, 0.5) is 8.78 Å². The molecule has 1 heterocycles. The van der Waals surface area contributed by atoms with Gasteiger partial charge in [0.1, 0.15) is 6.17 Å². The molecule has 0 bridgehead atoms. The summed E-state index contributed by atoms with van der Waals surface area (Å²) in [5, 5.41) is 3.17. The first-order valence-electron chi connectivity index (χ1n) is 7.01. The lowest BCUT2D eigenvalue weighted by Crippen LogP contribution is -2.41. The van der Waals surface area contributed by atoms with Crippen LogP contribution in [0.1, 0.15) is 32.0 Å². The van der Waals surface area contributed by atoms with Crippen LogP contribution in [0.3, 0.4) is 0 Å². The molecular formula is C15H20F2N2OS. The Morgan fingerprint density at radius 1 is 1.38 bits per heavy atom. The van der Waals surface area contributed by atoms with Gasteiger partial charge in [-0.25, -0.2) is 8.78 Å². The van der Waals surface area contributed by atoms with E-state index in [1.165, 1.54) is 6.07 Å². The summed E-state index contributed by atoms with van der Waals surface area (Å²) in [5.41, 5.74) is 0.575. The van der Waals surface area contributed by atoms with Gasteiger partial charge in [-0.1, -0.05) is 13.0 Å². The van der Waals surface area contributed by atoms with Gasteiger partial charge in [-0.15, -0.1) is 0 Å². The number of carbonyl (C=O) groups is 1. The number of amides is 1. The van der Waals surface area contributed by atoms with E-state index in [4.69, 9.17) is 0 Å². The van der Waals surface area contributed by atoms with Gasteiger partial charge >= 0.3 is 0 Å². The Kier molecular flexibility index (Phi) is 5.22. The van der Waals surface area contributed by atoms with Gasteiger partial charge in [-0.05, 0) is 37.3 Å². The van der Waals surface area contributed by atoms with Crippen LogP contribution in [0.15, 0.2) is 18.2 Å². The molecular weight excluding hydrogens is 294 g/mol. The molecule has 1 saturated heterocycles. The van der Waals surface area contributed by atoms with Crippen molar-refractivity contribution in [2.45, 2.75) is 38.5 Å². The second-order valence-electron chi connectivity index (χ2n) is 5.23. The lowest BCUT2D eigenvalue weighted by atomic mass is 10.1. The first kappa shape index (κ1) is 16.2. The topological polar surface area (TPSA) is 32.3 Å². The number of benzene rings is 1. The van der Waals surface area contributed by atoms with E-state index in [1.807, 2.05) is 13.2 Å². The average molecular weight is 314 g/mol. The van der Waals surface area contributed by atoms with Crippen molar-refractivity contribution >= 4 is 17.7 Å². The van der Waals surface area contributed by atoms with E-state index in [2.05, 4.69) is 5.32 Å². The highest BCUT2D eigenvalue weighted by atomic mass is 32.2. The number of thioether (sulfide) groups is 1. The summed E-state index contributed by atoms with van der Waals surface area (Å²) < 4.78 is 26.6. The summed E-state index contributed by atoms with van der Waals surface area (Å²) in [4.78, 5) is 14.2. The predicted molar refractivity (Wildman–Crippen MR) is 81.0 cm³/mol. The number of nitrogens with zero attached hydrogens (tertiary/aromatic N) is 1. The number of hydrogen-bond donors (Lipinski definition) is 1. The van der Waals surface area contributed by atoms with Crippen molar-refractivity contribution in [1.82, 2.24) is 10.2 Å². The van der Waals surface area contributed by atoms with Crippen molar-refractivity contribution in [3.05, 3.63) is 35.4 Å². The minimum Gasteiger partial charge on any atom is -0.318 e. The average Bonchev–Trinajstić information content (AvgIpc) is 2.75. The number of rotatable bonds is 5. The van der Waals surface area contributed by atoms with Crippen LogP contribution in [0.2, 0.25) is 0 Å². The molecule has 21 heavy (non-hydrogen) atoms. The van der Waals surface area contributed by atoms with Gasteiger partial charge in [0.15, 0.2) is 11.6 Å². The molecule has 0 aliphatic carbocycles.